The van der Waals surface area contributed by atoms with E-state index in [0.29, 0.717) is 0 Å². The SMILES string of the molecule is CCc1ccc(-c2ccccc2)cc1.Cc1ccccc1-c1cc(-c2ccccc2)ccc1C. The van der Waals surface area contributed by atoms with Crippen molar-refractivity contribution in [2.24, 2.45) is 0 Å². The van der Waals surface area contributed by atoms with Crippen LogP contribution in [0.3, 0.4) is 0 Å². The van der Waals surface area contributed by atoms with Crippen molar-refractivity contribution < 1.29 is 0 Å². The van der Waals surface area contributed by atoms with E-state index in [1.54, 1.807) is 0 Å². The minimum atomic E-state index is 1.11. The Kier molecular flexibility index (Phi) is 7.73. The second kappa shape index (κ2) is 11.3. The van der Waals surface area contributed by atoms with E-state index in [1.807, 2.05) is 6.07 Å². The van der Waals surface area contributed by atoms with Gasteiger partial charge in [0.2, 0.25) is 0 Å². The summed E-state index contributed by atoms with van der Waals surface area (Å²) < 4.78 is 0. The van der Waals surface area contributed by atoms with Crippen molar-refractivity contribution in [2.75, 3.05) is 0 Å². The van der Waals surface area contributed by atoms with E-state index in [1.165, 1.54) is 50.1 Å². The van der Waals surface area contributed by atoms with E-state index in [0.717, 1.165) is 6.42 Å². The molecule has 5 aromatic carbocycles. The van der Waals surface area contributed by atoms with Crippen molar-refractivity contribution in [1.29, 1.82) is 0 Å². The standard InChI is InChI=1S/C20H18.C14H14/c1-15-8-6-7-11-19(15)20-14-18(13-12-16(20)2)17-9-4-3-5-10-17;1-2-12-8-10-14(11-9-12)13-6-4-3-5-7-13/h3-14H,1-2H3;3-11H,2H2,1H3. The summed E-state index contributed by atoms with van der Waals surface area (Å²) >= 11 is 0. The minimum absolute atomic E-state index is 1.11. The average Bonchev–Trinajstić information content (AvgIpc) is 2.91. The van der Waals surface area contributed by atoms with Crippen LogP contribution >= 0.6 is 0 Å². The van der Waals surface area contributed by atoms with Gasteiger partial charge in [-0.1, -0.05) is 128 Å². The molecule has 0 heteroatoms. The third-order valence-corrected chi connectivity index (χ3v) is 6.25. The molecule has 0 heterocycles. The summed E-state index contributed by atoms with van der Waals surface area (Å²) in [6, 6.07) is 45.1. The Morgan fingerprint density at radius 1 is 0.412 bits per heavy atom. The highest BCUT2D eigenvalue weighted by atomic mass is 14.1. The van der Waals surface area contributed by atoms with Crippen LogP contribution in [0.4, 0.5) is 0 Å². The van der Waals surface area contributed by atoms with Gasteiger partial charge in [0, 0.05) is 0 Å². The summed E-state index contributed by atoms with van der Waals surface area (Å²) in [5, 5.41) is 0. The van der Waals surface area contributed by atoms with E-state index in [4.69, 9.17) is 0 Å². The Bertz CT molecular complexity index is 1310. The normalized spacial score (nSPS) is 10.3. The second-order valence-corrected chi connectivity index (χ2v) is 8.63. The lowest BCUT2D eigenvalue weighted by molar-refractivity contribution is 1.14. The van der Waals surface area contributed by atoms with Crippen LogP contribution < -0.4 is 0 Å². The van der Waals surface area contributed by atoms with Gasteiger partial charge in [-0.15, -0.1) is 0 Å². The summed E-state index contributed by atoms with van der Waals surface area (Å²) in [5.74, 6) is 0. The molecule has 0 bridgehead atoms. The Morgan fingerprint density at radius 3 is 1.47 bits per heavy atom. The molecule has 0 radical (unpaired) electrons. The van der Waals surface area contributed by atoms with E-state index in [9.17, 15) is 0 Å². The molecule has 0 amide bonds. The van der Waals surface area contributed by atoms with Crippen LogP contribution in [0.5, 0.6) is 0 Å². The van der Waals surface area contributed by atoms with Crippen molar-refractivity contribution in [2.45, 2.75) is 27.2 Å². The zero-order valence-corrected chi connectivity index (χ0v) is 20.3. The molecule has 168 valence electrons. The van der Waals surface area contributed by atoms with Crippen molar-refractivity contribution >= 4 is 0 Å². The van der Waals surface area contributed by atoms with Crippen LogP contribution in [0.1, 0.15) is 23.6 Å². The molecule has 0 spiro atoms. The predicted octanol–water partition coefficient (Wildman–Crippen LogP) is 9.55. The fourth-order valence-electron chi connectivity index (χ4n) is 4.16. The van der Waals surface area contributed by atoms with Crippen LogP contribution in [0, 0.1) is 13.8 Å². The van der Waals surface area contributed by atoms with Gasteiger partial charge in [0.05, 0.1) is 0 Å². The molecule has 5 aromatic rings. The molecule has 0 saturated heterocycles. The molecule has 0 N–H and O–H groups in total. The topological polar surface area (TPSA) is 0 Å². The summed E-state index contributed by atoms with van der Waals surface area (Å²) in [4.78, 5) is 0. The molecule has 0 aliphatic rings. The highest BCUT2D eigenvalue weighted by molar-refractivity contribution is 5.77. The first kappa shape index (κ1) is 23.3. The minimum Gasteiger partial charge on any atom is -0.0622 e. The number of rotatable bonds is 4. The maximum Gasteiger partial charge on any atom is -0.0146 e. The lowest BCUT2D eigenvalue weighted by atomic mass is 9.93. The smallest absolute Gasteiger partial charge is 0.0146 e. The summed E-state index contributed by atoms with van der Waals surface area (Å²) in [6.07, 6.45) is 1.11. The van der Waals surface area contributed by atoms with Crippen LogP contribution in [0.2, 0.25) is 0 Å². The summed E-state index contributed by atoms with van der Waals surface area (Å²) in [5.41, 5.74) is 11.8. The highest BCUT2D eigenvalue weighted by Gasteiger charge is 2.06. The number of benzene rings is 5. The van der Waals surface area contributed by atoms with E-state index in [-0.39, 0.29) is 0 Å². The average molecular weight is 441 g/mol. The quantitative estimate of drug-likeness (QED) is 0.261. The van der Waals surface area contributed by atoms with Gasteiger partial charge in [-0.2, -0.15) is 0 Å². The van der Waals surface area contributed by atoms with Crippen molar-refractivity contribution in [3.8, 4) is 33.4 Å². The van der Waals surface area contributed by atoms with Crippen molar-refractivity contribution in [3.63, 3.8) is 0 Å². The molecule has 0 saturated carbocycles. The third-order valence-electron chi connectivity index (χ3n) is 6.25. The van der Waals surface area contributed by atoms with Crippen LogP contribution in [-0.2, 0) is 6.42 Å². The lowest BCUT2D eigenvalue weighted by Gasteiger charge is -2.12. The Balaban J connectivity index is 0.000000172. The first-order valence-corrected chi connectivity index (χ1v) is 12.0. The van der Waals surface area contributed by atoms with Crippen molar-refractivity contribution in [1.82, 2.24) is 0 Å². The third kappa shape index (κ3) is 5.71. The van der Waals surface area contributed by atoms with Gasteiger partial charge in [-0.05, 0) is 76.4 Å². The van der Waals surface area contributed by atoms with Gasteiger partial charge in [0.15, 0.2) is 0 Å². The Labute approximate surface area is 204 Å². The van der Waals surface area contributed by atoms with Gasteiger partial charge >= 0.3 is 0 Å². The zero-order valence-electron chi connectivity index (χ0n) is 20.3. The molecule has 0 aliphatic carbocycles. The largest absolute Gasteiger partial charge is 0.0622 e. The molecule has 5 rings (SSSR count). The maximum atomic E-state index is 2.30. The predicted molar refractivity (Wildman–Crippen MR) is 148 cm³/mol. The number of aryl methyl sites for hydroxylation is 3. The molecule has 0 unspecified atom stereocenters. The van der Waals surface area contributed by atoms with E-state index in [2.05, 4.69) is 142 Å². The second-order valence-electron chi connectivity index (χ2n) is 8.63. The number of hydrogen-bond donors (Lipinski definition) is 0. The van der Waals surface area contributed by atoms with Gasteiger partial charge in [0.25, 0.3) is 0 Å². The zero-order chi connectivity index (χ0) is 23.8. The Hall–Kier alpha value is -3.90. The lowest BCUT2D eigenvalue weighted by Crippen LogP contribution is -1.88. The summed E-state index contributed by atoms with van der Waals surface area (Å²) in [7, 11) is 0. The van der Waals surface area contributed by atoms with Gasteiger partial charge in [-0.25, -0.2) is 0 Å². The molecular weight excluding hydrogens is 408 g/mol. The van der Waals surface area contributed by atoms with E-state index >= 15 is 0 Å². The summed E-state index contributed by atoms with van der Waals surface area (Å²) in [6.45, 7) is 6.53. The van der Waals surface area contributed by atoms with Crippen LogP contribution in [0.25, 0.3) is 33.4 Å². The monoisotopic (exact) mass is 440 g/mol. The first-order valence-electron chi connectivity index (χ1n) is 12.0. The first-order chi connectivity index (χ1) is 16.7. The van der Waals surface area contributed by atoms with Gasteiger partial charge < -0.3 is 0 Å². The molecule has 34 heavy (non-hydrogen) atoms. The maximum absolute atomic E-state index is 2.30. The van der Waals surface area contributed by atoms with E-state index < -0.39 is 0 Å². The molecule has 0 aromatic heterocycles. The molecule has 0 nitrogen and oxygen atoms in total. The Morgan fingerprint density at radius 2 is 0.882 bits per heavy atom. The fraction of sp³-hybridized carbons (Fsp3) is 0.118. The van der Waals surface area contributed by atoms with Crippen LogP contribution in [-0.4, -0.2) is 0 Å². The molecule has 0 fully saturated rings. The van der Waals surface area contributed by atoms with Gasteiger partial charge in [-0.3, -0.25) is 0 Å². The van der Waals surface area contributed by atoms with Crippen molar-refractivity contribution in [3.05, 3.63) is 144 Å². The van der Waals surface area contributed by atoms with Gasteiger partial charge in [0.1, 0.15) is 0 Å². The molecule has 0 atom stereocenters. The highest BCUT2D eigenvalue weighted by Crippen LogP contribution is 2.31. The number of hydrogen-bond acceptors (Lipinski definition) is 0. The van der Waals surface area contributed by atoms with Crippen LogP contribution in [0.15, 0.2) is 127 Å². The molecule has 0 aliphatic heterocycles. The molecular formula is C34H32. The fourth-order valence-corrected chi connectivity index (χ4v) is 4.16.